The molecule has 5 nitrogen and oxygen atoms in total. The minimum absolute atomic E-state index is 0.249. The number of H-pyrrole nitrogens is 1. The monoisotopic (exact) mass is 324 g/mol. The number of hydrogen-bond acceptors (Lipinski definition) is 3. The summed E-state index contributed by atoms with van der Waals surface area (Å²) in [4.78, 5) is 12.0. The molecule has 7 heteroatoms. The number of nitrogens with one attached hydrogen (secondary N) is 2. The molecule has 0 aliphatic rings. The summed E-state index contributed by atoms with van der Waals surface area (Å²) in [5, 5.41) is 17.9. The molecule has 0 bridgehead atoms. The van der Waals surface area contributed by atoms with E-state index in [-0.39, 0.29) is 11.4 Å². The molecule has 0 unspecified atom stereocenters. The van der Waals surface area contributed by atoms with E-state index in [0.29, 0.717) is 15.1 Å². The Hall–Kier alpha value is -1.84. The molecule has 0 saturated heterocycles. The van der Waals surface area contributed by atoms with Gasteiger partial charge in [0.25, 0.3) is 5.91 Å². The van der Waals surface area contributed by atoms with Crippen molar-refractivity contribution in [1.29, 1.82) is 5.26 Å². The molecule has 2 aromatic rings. The van der Waals surface area contributed by atoms with E-state index in [4.69, 9.17) is 16.9 Å². The van der Waals surface area contributed by atoms with Gasteiger partial charge in [0.1, 0.15) is 17.5 Å². The molecule has 0 aliphatic carbocycles. The van der Waals surface area contributed by atoms with Crippen LogP contribution in [0.15, 0.2) is 28.9 Å². The van der Waals surface area contributed by atoms with Crippen LogP contribution in [0.1, 0.15) is 15.9 Å². The maximum Gasteiger partial charge on any atom is 0.258 e. The van der Waals surface area contributed by atoms with Crippen LogP contribution in [0.3, 0.4) is 0 Å². The van der Waals surface area contributed by atoms with E-state index in [0.717, 1.165) is 0 Å². The highest BCUT2D eigenvalue weighted by molar-refractivity contribution is 9.10. The summed E-state index contributed by atoms with van der Waals surface area (Å²) < 4.78 is 0.627. The van der Waals surface area contributed by atoms with Crippen LogP contribution in [-0.2, 0) is 0 Å². The van der Waals surface area contributed by atoms with Gasteiger partial charge in [-0.3, -0.25) is 9.89 Å². The quantitative estimate of drug-likeness (QED) is 0.890. The van der Waals surface area contributed by atoms with Gasteiger partial charge in [0, 0.05) is 4.47 Å². The first-order chi connectivity index (χ1) is 8.63. The lowest BCUT2D eigenvalue weighted by atomic mass is 10.2. The highest BCUT2D eigenvalue weighted by atomic mass is 79.9. The predicted molar refractivity (Wildman–Crippen MR) is 70.4 cm³/mol. The number of halogens is 2. The Morgan fingerprint density at radius 2 is 2.33 bits per heavy atom. The highest BCUT2D eigenvalue weighted by Gasteiger charge is 2.14. The summed E-state index contributed by atoms with van der Waals surface area (Å²) in [5.41, 5.74) is 0.569. The predicted octanol–water partition coefficient (Wildman–Crippen LogP) is 2.95. The molecule has 0 atom stereocenters. The Bertz CT molecular complexity index is 647. The van der Waals surface area contributed by atoms with E-state index in [9.17, 15) is 4.79 Å². The zero-order valence-corrected chi connectivity index (χ0v) is 11.2. The van der Waals surface area contributed by atoms with Gasteiger partial charge in [0.05, 0.1) is 16.8 Å². The number of rotatable bonds is 2. The number of hydrogen-bond donors (Lipinski definition) is 2. The average Bonchev–Trinajstić information content (AvgIpc) is 2.79. The van der Waals surface area contributed by atoms with Crippen molar-refractivity contribution in [3.05, 3.63) is 45.0 Å². The fourth-order valence-electron chi connectivity index (χ4n) is 1.33. The van der Waals surface area contributed by atoms with Gasteiger partial charge < -0.3 is 5.32 Å². The number of carbonyl (C=O) groups excluding carboxylic acids is 1. The van der Waals surface area contributed by atoms with Gasteiger partial charge in [-0.05, 0) is 28.1 Å². The Morgan fingerprint density at radius 3 is 3.06 bits per heavy atom. The number of aromatic amines is 1. The molecule has 1 aromatic heterocycles. The molecule has 1 amide bonds. The fourth-order valence-corrected chi connectivity index (χ4v) is 1.90. The maximum absolute atomic E-state index is 12.0. The number of benzene rings is 1. The second kappa shape index (κ2) is 5.21. The summed E-state index contributed by atoms with van der Waals surface area (Å²) in [5.74, 6) is -0.166. The van der Waals surface area contributed by atoms with E-state index in [1.54, 1.807) is 18.2 Å². The number of nitrogens with zero attached hydrogens (tertiary/aromatic N) is 2. The van der Waals surface area contributed by atoms with Crippen LogP contribution in [0.25, 0.3) is 0 Å². The van der Waals surface area contributed by atoms with Crippen LogP contribution in [0.4, 0.5) is 5.82 Å². The van der Waals surface area contributed by atoms with Crippen molar-refractivity contribution >= 4 is 39.3 Å². The van der Waals surface area contributed by atoms with Crippen molar-refractivity contribution in [2.45, 2.75) is 0 Å². The van der Waals surface area contributed by atoms with Gasteiger partial charge in [0.2, 0.25) is 0 Å². The standard InChI is InChI=1S/C11H6BrClN4O/c12-8-3-1-2-7(9(8)13)11(18)16-10-6(4-14)5-15-17-10/h1-3,5H,(H2,15,16,17,18). The molecule has 0 fully saturated rings. The Kier molecular flexibility index (Phi) is 3.65. The maximum atomic E-state index is 12.0. The molecule has 0 saturated carbocycles. The lowest BCUT2D eigenvalue weighted by Crippen LogP contribution is -2.13. The Labute approximate surface area is 116 Å². The van der Waals surface area contributed by atoms with Crippen LogP contribution < -0.4 is 5.32 Å². The van der Waals surface area contributed by atoms with E-state index in [1.165, 1.54) is 6.20 Å². The molecule has 1 aromatic carbocycles. The summed E-state index contributed by atoms with van der Waals surface area (Å²) >= 11 is 9.24. The summed E-state index contributed by atoms with van der Waals surface area (Å²) in [6.07, 6.45) is 1.33. The normalized spacial score (nSPS) is 9.83. The minimum atomic E-state index is -0.415. The minimum Gasteiger partial charge on any atom is -0.306 e. The summed E-state index contributed by atoms with van der Waals surface area (Å²) in [7, 11) is 0. The van der Waals surface area contributed by atoms with Crippen molar-refractivity contribution < 1.29 is 4.79 Å². The average molecular weight is 326 g/mol. The van der Waals surface area contributed by atoms with Gasteiger partial charge in [-0.15, -0.1) is 0 Å². The second-order valence-corrected chi connectivity index (χ2v) is 4.56. The van der Waals surface area contributed by atoms with E-state index < -0.39 is 5.91 Å². The van der Waals surface area contributed by atoms with E-state index in [2.05, 4.69) is 31.4 Å². The third-order valence-corrected chi connectivity index (χ3v) is 3.49. The molecule has 90 valence electrons. The van der Waals surface area contributed by atoms with Gasteiger partial charge in [-0.1, -0.05) is 17.7 Å². The molecule has 2 rings (SSSR count). The van der Waals surface area contributed by atoms with Crippen molar-refractivity contribution in [3.63, 3.8) is 0 Å². The van der Waals surface area contributed by atoms with Gasteiger partial charge in [0.15, 0.2) is 0 Å². The molecule has 2 N–H and O–H groups in total. The number of anilines is 1. The molecule has 0 spiro atoms. The first-order valence-corrected chi connectivity index (χ1v) is 5.99. The van der Waals surface area contributed by atoms with Crippen LogP contribution in [-0.4, -0.2) is 16.1 Å². The third-order valence-electron chi connectivity index (χ3n) is 2.19. The van der Waals surface area contributed by atoms with Gasteiger partial charge >= 0.3 is 0 Å². The molecular weight excluding hydrogens is 320 g/mol. The van der Waals surface area contributed by atoms with Crippen molar-refractivity contribution in [2.75, 3.05) is 5.32 Å². The molecular formula is C11H6BrClN4O. The largest absolute Gasteiger partial charge is 0.306 e. The Balaban J connectivity index is 2.29. The van der Waals surface area contributed by atoms with E-state index in [1.807, 2.05) is 6.07 Å². The van der Waals surface area contributed by atoms with Crippen molar-refractivity contribution in [1.82, 2.24) is 10.2 Å². The van der Waals surface area contributed by atoms with Gasteiger partial charge in [-0.25, -0.2) is 0 Å². The molecule has 18 heavy (non-hydrogen) atoms. The van der Waals surface area contributed by atoms with Crippen LogP contribution >= 0.6 is 27.5 Å². The SMILES string of the molecule is N#Cc1cn[nH]c1NC(=O)c1cccc(Br)c1Cl. The second-order valence-electron chi connectivity index (χ2n) is 3.33. The highest BCUT2D eigenvalue weighted by Crippen LogP contribution is 2.26. The summed E-state index contributed by atoms with van der Waals surface area (Å²) in [6, 6.07) is 6.93. The number of nitriles is 1. The smallest absolute Gasteiger partial charge is 0.258 e. The van der Waals surface area contributed by atoms with Crippen LogP contribution in [0.2, 0.25) is 5.02 Å². The number of aromatic nitrogens is 2. The molecule has 0 aliphatic heterocycles. The van der Waals surface area contributed by atoms with Crippen molar-refractivity contribution in [2.24, 2.45) is 0 Å². The third kappa shape index (κ3) is 2.37. The van der Waals surface area contributed by atoms with Crippen LogP contribution in [0, 0.1) is 11.3 Å². The van der Waals surface area contributed by atoms with E-state index >= 15 is 0 Å². The fraction of sp³-hybridized carbons (Fsp3) is 0. The zero-order valence-electron chi connectivity index (χ0n) is 8.87. The molecule has 1 heterocycles. The molecule has 0 radical (unpaired) electrons. The first kappa shape index (κ1) is 12.6. The Morgan fingerprint density at radius 1 is 1.56 bits per heavy atom. The lowest BCUT2D eigenvalue weighted by molar-refractivity contribution is 0.102. The van der Waals surface area contributed by atoms with Gasteiger partial charge in [-0.2, -0.15) is 10.4 Å². The summed E-state index contributed by atoms with van der Waals surface area (Å²) in [6.45, 7) is 0. The zero-order chi connectivity index (χ0) is 13.1. The van der Waals surface area contributed by atoms with Crippen LogP contribution in [0.5, 0.6) is 0 Å². The van der Waals surface area contributed by atoms with Crippen molar-refractivity contribution in [3.8, 4) is 6.07 Å². The topological polar surface area (TPSA) is 81.6 Å². The number of carbonyl (C=O) groups is 1. The lowest BCUT2D eigenvalue weighted by Gasteiger charge is -2.06. The first-order valence-electron chi connectivity index (χ1n) is 4.82. The number of amides is 1.